The maximum atomic E-state index is 11.9. The van der Waals surface area contributed by atoms with E-state index in [9.17, 15) is 4.79 Å². The van der Waals surface area contributed by atoms with Crippen molar-refractivity contribution in [1.82, 2.24) is 5.32 Å². The van der Waals surface area contributed by atoms with Crippen LogP contribution >= 0.6 is 27.5 Å². The van der Waals surface area contributed by atoms with Crippen LogP contribution in [0.1, 0.15) is 24.2 Å². The number of benzene rings is 1. The van der Waals surface area contributed by atoms with E-state index in [0.717, 1.165) is 0 Å². The van der Waals surface area contributed by atoms with E-state index in [1.54, 1.807) is 18.2 Å². The van der Waals surface area contributed by atoms with Crippen LogP contribution in [-0.4, -0.2) is 18.5 Å². The highest BCUT2D eigenvalue weighted by atomic mass is 79.9. The van der Waals surface area contributed by atoms with Crippen molar-refractivity contribution in [2.24, 2.45) is 11.7 Å². The molecule has 0 aromatic heterocycles. The van der Waals surface area contributed by atoms with Crippen molar-refractivity contribution in [1.29, 1.82) is 0 Å². The maximum Gasteiger partial charge on any atom is 0.252 e. The van der Waals surface area contributed by atoms with Crippen LogP contribution in [0.3, 0.4) is 0 Å². The van der Waals surface area contributed by atoms with Crippen LogP contribution in [0.25, 0.3) is 0 Å². The first-order chi connectivity index (χ1) is 7.93. The van der Waals surface area contributed by atoms with E-state index < -0.39 is 0 Å². The third-order valence-corrected chi connectivity index (χ3v) is 3.85. The summed E-state index contributed by atoms with van der Waals surface area (Å²) in [6, 6.07) is 5.19. The van der Waals surface area contributed by atoms with Crippen LogP contribution in [0.4, 0.5) is 0 Å². The third kappa shape index (κ3) is 3.98. The molecule has 5 heteroatoms. The fourth-order valence-corrected chi connectivity index (χ4v) is 1.80. The number of halogens is 2. The van der Waals surface area contributed by atoms with Crippen molar-refractivity contribution in [3.63, 3.8) is 0 Å². The Hall–Kier alpha value is -0.580. The van der Waals surface area contributed by atoms with Crippen LogP contribution in [0, 0.1) is 5.92 Å². The Morgan fingerprint density at radius 3 is 2.76 bits per heavy atom. The largest absolute Gasteiger partial charge is 0.350 e. The molecule has 0 fully saturated rings. The molecule has 1 amide bonds. The fraction of sp³-hybridized carbons (Fsp3) is 0.417. The summed E-state index contributed by atoms with van der Waals surface area (Å²) in [5, 5.41) is 3.20. The number of amides is 1. The second-order valence-electron chi connectivity index (χ2n) is 4.22. The molecule has 0 spiro atoms. The monoisotopic (exact) mass is 318 g/mol. The Morgan fingerprint density at radius 2 is 2.18 bits per heavy atom. The van der Waals surface area contributed by atoms with Gasteiger partial charge in [0.1, 0.15) is 0 Å². The number of hydrogen-bond donors (Lipinski definition) is 2. The lowest BCUT2D eigenvalue weighted by molar-refractivity contribution is 0.0949. The van der Waals surface area contributed by atoms with Crippen molar-refractivity contribution in [3.8, 4) is 0 Å². The molecule has 0 aliphatic heterocycles. The molecule has 0 aliphatic rings. The Balaban J connectivity index is 2.68. The molecule has 1 atom stereocenters. The van der Waals surface area contributed by atoms with Crippen LogP contribution < -0.4 is 11.1 Å². The van der Waals surface area contributed by atoms with Gasteiger partial charge in [-0.1, -0.05) is 31.5 Å². The lowest BCUT2D eigenvalue weighted by Crippen LogP contribution is -2.40. The lowest BCUT2D eigenvalue weighted by atomic mass is 10.1. The minimum absolute atomic E-state index is 0.0510. The van der Waals surface area contributed by atoms with E-state index in [0.29, 0.717) is 27.5 Å². The highest BCUT2D eigenvalue weighted by Crippen LogP contribution is 2.25. The quantitative estimate of drug-likeness (QED) is 0.896. The number of nitrogens with one attached hydrogen (secondary N) is 1. The predicted molar refractivity (Wildman–Crippen MR) is 74.3 cm³/mol. The van der Waals surface area contributed by atoms with Gasteiger partial charge < -0.3 is 11.1 Å². The minimum Gasteiger partial charge on any atom is -0.350 e. The zero-order valence-corrected chi connectivity index (χ0v) is 12.2. The van der Waals surface area contributed by atoms with Gasteiger partial charge >= 0.3 is 0 Å². The standard InChI is InChI=1S/C12H16BrClN2O/c1-7(2)10(15)6-16-12(17)8-4-3-5-9(13)11(8)14/h3-5,7,10H,6,15H2,1-2H3,(H,16,17). The van der Waals surface area contributed by atoms with Gasteiger partial charge in [-0.15, -0.1) is 0 Å². The van der Waals surface area contributed by atoms with Gasteiger partial charge in [-0.3, -0.25) is 4.79 Å². The Bertz CT molecular complexity index is 409. The number of rotatable bonds is 4. The van der Waals surface area contributed by atoms with Gasteiger partial charge in [0.15, 0.2) is 0 Å². The van der Waals surface area contributed by atoms with Crippen LogP contribution in [0.15, 0.2) is 22.7 Å². The molecule has 94 valence electrons. The summed E-state index contributed by atoms with van der Waals surface area (Å²) in [5.74, 6) is 0.126. The lowest BCUT2D eigenvalue weighted by Gasteiger charge is -2.16. The topological polar surface area (TPSA) is 55.1 Å². The van der Waals surface area contributed by atoms with Crippen molar-refractivity contribution in [2.45, 2.75) is 19.9 Å². The zero-order valence-electron chi connectivity index (χ0n) is 9.84. The molecule has 0 aliphatic carbocycles. The fourth-order valence-electron chi connectivity index (χ4n) is 1.22. The molecule has 17 heavy (non-hydrogen) atoms. The second kappa shape index (κ2) is 6.38. The molecule has 0 saturated heterocycles. The SMILES string of the molecule is CC(C)C(N)CNC(=O)c1cccc(Br)c1Cl. The number of carbonyl (C=O) groups excluding carboxylic acids is 1. The van der Waals surface area contributed by atoms with E-state index in [4.69, 9.17) is 17.3 Å². The van der Waals surface area contributed by atoms with Crippen LogP contribution in [-0.2, 0) is 0 Å². The molecule has 0 saturated carbocycles. The molecule has 3 nitrogen and oxygen atoms in total. The summed E-state index contributed by atoms with van der Waals surface area (Å²) in [6.45, 7) is 4.48. The van der Waals surface area contributed by atoms with Crippen molar-refractivity contribution < 1.29 is 4.79 Å². The second-order valence-corrected chi connectivity index (χ2v) is 5.45. The van der Waals surface area contributed by atoms with E-state index in [-0.39, 0.29) is 11.9 Å². The van der Waals surface area contributed by atoms with Gasteiger partial charge in [-0.2, -0.15) is 0 Å². The van der Waals surface area contributed by atoms with E-state index in [1.807, 2.05) is 13.8 Å². The first kappa shape index (κ1) is 14.5. The molecule has 0 radical (unpaired) electrons. The van der Waals surface area contributed by atoms with Gasteiger partial charge in [0.25, 0.3) is 5.91 Å². The van der Waals surface area contributed by atoms with Crippen molar-refractivity contribution in [3.05, 3.63) is 33.3 Å². The van der Waals surface area contributed by atoms with Gasteiger partial charge in [0, 0.05) is 17.1 Å². The summed E-state index contributed by atoms with van der Waals surface area (Å²) >= 11 is 9.31. The summed E-state index contributed by atoms with van der Waals surface area (Å²) in [4.78, 5) is 11.9. The van der Waals surface area contributed by atoms with Gasteiger partial charge in [-0.05, 0) is 34.0 Å². The molecule has 1 unspecified atom stereocenters. The third-order valence-electron chi connectivity index (χ3n) is 2.55. The van der Waals surface area contributed by atoms with Crippen LogP contribution in [0.2, 0.25) is 5.02 Å². The Labute approximate surface area is 115 Å². The normalized spacial score (nSPS) is 12.6. The smallest absolute Gasteiger partial charge is 0.252 e. The summed E-state index contributed by atoms with van der Waals surface area (Å²) in [6.07, 6.45) is 0. The molecule has 1 aromatic rings. The number of nitrogens with two attached hydrogens (primary N) is 1. The predicted octanol–water partition coefficient (Wildman–Crippen LogP) is 2.82. The van der Waals surface area contributed by atoms with Crippen molar-refractivity contribution in [2.75, 3.05) is 6.54 Å². The first-order valence-electron chi connectivity index (χ1n) is 5.41. The summed E-state index contributed by atoms with van der Waals surface area (Å²) < 4.78 is 0.708. The Kier molecular flexibility index (Phi) is 5.43. The van der Waals surface area contributed by atoms with Crippen molar-refractivity contribution >= 4 is 33.4 Å². The molecule has 1 rings (SSSR count). The van der Waals surface area contributed by atoms with Gasteiger partial charge in [-0.25, -0.2) is 0 Å². The Morgan fingerprint density at radius 1 is 1.53 bits per heavy atom. The first-order valence-corrected chi connectivity index (χ1v) is 6.58. The van der Waals surface area contributed by atoms with Gasteiger partial charge in [0.2, 0.25) is 0 Å². The zero-order chi connectivity index (χ0) is 13.0. The summed E-state index contributed by atoms with van der Waals surface area (Å²) in [5.41, 5.74) is 6.31. The van der Waals surface area contributed by atoms with Gasteiger partial charge in [0.05, 0.1) is 10.6 Å². The van der Waals surface area contributed by atoms with Crippen LogP contribution in [0.5, 0.6) is 0 Å². The highest BCUT2D eigenvalue weighted by Gasteiger charge is 2.14. The maximum absolute atomic E-state index is 11.9. The van der Waals surface area contributed by atoms with E-state index in [2.05, 4.69) is 21.2 Å². The van der Waals surface area contributed by atoms with E-state index >= 15 is 0 Å². The molecular formula is C12H16BrClN2O. The molecule has 0 bridgehead atoms. The number of hydrogen-bond acceptors (Lipinski definition) is 2. The summed E-state index contributed by atoms with van der Waals surface area (Å²) in [7, 11) is 0. The molecule has 1 aromatic carbocycles. The average Bonchev–Trinajstić information content (AvgIpc) is 2.29. The minimum atomic E-state index is -0.201. The number of carbonyl (C=O) groups is 1. The highest BCUT2D eigenvalue weighted by molar-refractivity contribution is 9.10. The molecule has 3 N–H and O–H groups in total. The van der Waals surface area contributed by atoms with E-state index in [1.165, 1.54) is 0 Å². The average molecular weight is 320 g/mol. The molecular weight excluding hydrogens is 304 g/mol. The molecule has 0 heterocycles.